The zero-order valence-corrected chi connectivity index (χ0v) is 13.5. The number of nitrogens with one attached hydrogen (secondary N) is 1. The van der Waals surface area contributed by atoms with Gasteiger partial charge in [-0.05, 0) is 44.6 Å². The van der Waals surface area contributed by atoms with Crippen LogP contribution in [0.25, 0.3) is 5.69 Å². The summed E-state index contributed by atoms with van der Waals surface area (Å²) in [6.07, 6.45) is 0. The largest absolute Gasteiger partial charge is 0.383 e. The minimum atomic E-state index is 0.582. The highest BCUT2D eigenvalue weighted by molar-refractivity contribution is 9.11. The van der Waals surface area contributed by atoms with Crippen molar-refractivity contribution in [3.8, 4) is 5.69 Å². The Morgan fingerprint density at radius 1 is 1.37 bits per heavy atom. The summed E-state index contributed by atoms with van der Waals surface area (Å²) in [5.74, 6) is 0.749. The minimum absolute atomic E-state index is 0.582. The first kappa shape index (κ1) is 14.6. The van der Waals surface area contributed by atoms with Crippen molar-refractivity contribution in [2.45, 2.75) is 6.54 Å². The van der Waals surface area contributed by atoms with Crippen LogP contribution >= 0.6 is 31.9 Å². The Bertz CT molecular complexity index is 546. The third-order valence-electron chi connectivity index (χ3n) is 2.44. The Morgan fingerprint density at radius 2 is 2.21 bits per heavy atom. The fraction of sp³-hybridized carbons (Fsp3) is 0.364. The molecule has 0 bridgehead atoms. The first-order valence-electron chi connectivity index (χ1n) is 5.64. The van der Waals surface area contributed by atoms with Crippen LogP contribution in [-0.2, 0) is 11.3 Å². The van der Waals surface area contributed by atoms with Crippen LogP contribution in [0.4, 0.5) is 0 Å². The van der Waals surface area contributed by atoms with Crippen LogP contribution in [0.3, 0.4) is 0 Å². The van der Waals surface area contributed by atoms with E-state index in [4.69, 9.17) is 4.74 Å². The number of nitrogens with zero attached hydrogens (tertiary/aromatic N) is 4. The lowest BCUT2D eigenvalue weighted by Gasteiger charge is -2.08. The van der Waals surface area contributed by atoms with E-state index in [2.05, 4.69) is 52.7 Å². The van der Waals surface area contributed by atoms with Crippen LogP contribution in [0.1, 0.15) is 5.82 Å². The Balaban J connectivity index is 2.14. The molecule has 1 N–H and O–H groups in total. The predicted octanol–water partition coefficient (Wildman–Crippen LogP) is 1.92. The molecule has 6 nitrogen and oxygen atoms in total. The molecule has 0 spiro atoms. The van der Waals surface area contributed by atoms with Gasteiger partial charge in [-0.3, -0.25) is 0 Å². The molecule has 1 heterocycles. The first-order valence-corrected chi connectivity index (χ1v) is 7.23. The van der Waals surface area contributed by atoms with Crippen molar-refractivity contribution in [1.29, 1.82) is 0 Å². The molecular weight excluding hydrogens is 378 g/mol. The van der Waals surface area contributed by atoms with Crippen molar-refractivity contribution in [3.63, 3.8) is 0 Å². The molecule has 1 aromatic carbocycles. The monoisotopic (exact) mass is 389 g/mol. The Labute approximate surface area is 127 Å². The summed E-state index contributed by atoms with van der Waals surface area (Å²) in [6, 6.07) is 5.85. The summed E-state index contributed by atoms with van der Waals surface area (Å²) in [5.41, 5.74) is 0.900. The van der Waals surface area contributed by atoms with Gasteiger partial charge in [0, 0.05) is 22.6 Å². The number of hydrogen-bond acceptors (Lipinski definition) is 5. The Hall–Kier alpha value is -0.830. The third kappa shape index (κ3) is 3.82. The average molecular weight is 391 g/mol. The van der Waals surface area contributed by atoms with E-state index in [1.807, 2.05) is 18.2 Å². The number of methoxy groups -OCH3 is 1. The second-order valence-corrected chi connectivity index (χ2v) is 5.54. The Morgan fingerprint density at radius 3 is 2.95 bits per heavy atom. The van der Waals surface area contributed by atoms with E-state index in [0.717, 1.165) is 27.0 Å². The molecule has 0 saturated heterocycles. The molecular formula is C11H13Br2N5O. The van der Waals surface area contributed by atoms with Gasteiger partial charge in [0.05, 0.1) is 18.8 Å². The minimum Gasteiger partial charge on any atom is -0.383 e. The zero-order chi connectivity index (χ0) is 13.7. The number of ether oxygens (including phenoxy) is 1. The molecule has 2 rings (SSSR count). The van der Waals surface area contributed by atoms with Crippen LogP contribution in [0.15, 0.2) is 27.1 Å². The van der Waals surface area contributed by atoms with E-state index >= 15 is 0 Å². The quantitative estimate of drug-likeness (QED) is 0.763. The standard InChI is InChI=1S/C11H13Br2N5O/c1-19-5-4-14-7-11-15-16-17-18(11)10-3-2-8(12)6-9(10)13/h2-3,6,14H,4-5,7H2,1H3. The van der Waals surface area contributed by atoms with Crippen molar-refractivity contribution in [3.05, 3.63) is 33.0 Å². The number of rotatable bonds is 6. The molecule has 0 fully saturated rings. The number of tetrazole rings is 1. The van der Waals surface area contributed by atoms with Gasteiger partial charge >= 0.3 is 0 Å². The second kappa shape index (κ2) is 7.09. The molecule has 0 unspecified atom stereocenters. The lowest BCUT2D eigenvalue weighted by atomic mass is 10.3. The zero-order valence-electron chi connectivity index (χ0n) is 10.3. The highest BCUT2D eigenvalue weighted by Crippen LogP contribution is 2.24. The van der Waals surface area contributed by atoms with E-state index < -0.39 is 0 Å². The van der Waals surface area contributed by atoms with Crippen molar-refractivity contribution in [2.75, 3.05) is 20.3 Å². The van der Waals surface area contributed by atoms with Crippen molar-refractivity contribution in [1.82, 2.24) is 25.5 Å². The first-order chi connectivity index (χ1) is 9.22. The van der Waals surface area contributed by atoms with E-state index in [1.54, 1.807) is 11.8 Å². The molecule has 102 valence electrons. The van der Waals surface area contributed by atoms with E-state index in [9.17, 15) is 0 Å². The van der Waals surface area contributed by atoms with Crippen LogP contribution in [0, 0.1) is 0 Å². The predicted molar refractivity (Wildman–Crippen MR) is 78.1 cm³/mol. The summed E-state index contributed by atoms with van der Waals surface area (Å²) in [6.45, 7) is 1.99. The second-order valence-electron chi connectivity index (χ2n) is 3.77. The molecule has 2 aromatic rings. The fourth-order valence-electron chi connectivity index (χ4n) is 1.53. The number of halogens is 2. The smallest absolute Gasteiger partial charge is 0.170 e. The highest BCUT2D eigenvalue weighted by Gasteiger charge is 2.10. The molecule has 8 heteroatoms. The van der Waals surface area contributed by atoms with E-state index in [0.29, 0.717) is 13.2 Å². The van der Waals surface area contributed by atoms with Gasteiger partial charge in [-0.1, -0.05) is 15.9 Å². The molecule has 0 radical (unpaired) electrons. The third-order valence-corrected chi connectivity index (χ3v) is 3.57. The van der Waals surface area contributed by atoms with Crippen LogP contribution in [0.5, 0.6) is 0 Å². The average Bonchev–Trinajstić information content (AvgIpc) is 2.83. The van der Waals surface area contributed by atoms with Crippen LogP contribution < -0.4 is 5.32 Å². The van der Waals surface area contributed by atoms with Gasteiger partial charge in [0.2, 0.25) is 0 Å². The molecule has 0 saturated carbocycles. The molecule has 0 atom stereocenters. The maximum atomic E-state index is 4.97. The maximum absolute atomic E-state index is 4.97. The number of hydrogen-bond donors (Lipinski definition) is 1. The summed E-state index contributed by atoms with van der Waals surface area (Å²) >= 11 is 6.93. The lowest BCUT2D eigenvalue weighted by Crippen LogP contribution is -2.21. The molecule has 1 aromatic heterocycles. The van der Waals surface area contributed by atoms with Gasteiger partial charge in [0.15, 0.2) is 5.82 Å². The number of aromatic nitrogens is 4. The molecule has 19 heavy (non-hydrogen) atoms. The summed E-state index contributed by atoms with van der Waals surface area (Å²) in [4.78, 5) is 0. The fourth-order valence-corrected chi connectivity index (χ4v) is 2.75. The van der Waals surface area contributed by atoms with E-state index in [-0.39, 0.29) is 0 Å². The Kier molecular flexibility index (Phi) is 5.44. The molecule has 0 aliphatic carbocycles. The topological polar surface area (TPSA) is 64.9 Å². The van der Waals surface area contributed by atoms with Gasteiger partial charge in [0.25, 0.3) is 0 Å². The van der Waals surface area contributed by atoms with Gasteiger partial charge in [-0.25, -0.2) is 0 Å². The van der Waals surface area contributed by atoms with E-state index in [1.165, 1.54) is 0 Å². The van der Waals surface area contributed by atoms with Crippen molar-refractivity contribution < 1.29 is 4.74 Å². The summed E-state index contributed by atoms with van der Waals surface area (Å²) < 4.78 is 8.60. The van der Waals surface area contributed by atoms with Crippen LogP contribution in [0.2, 0.25) is 0 Å². The maximum Gasteiger partial charge on any atom is 0.170 e. The van der Waals surface area contributed by atoms with Gasteiger partial charge in [-0.2, -0.15) is 4.68 Å². The van der Waals surface area contributed by atoms with Gasteiger partial charge < -0.3 is 10.1 Å². The summed E-state index contributed by atoms with van der Waals surface area (Å²) in [7, 11) is 1.67. The van der Waals surface area contributed by atoms with Gasteiger partial charge in [0.1, 0.15) is 0 Å². The lowest BCUT2D eigenvalue weighted by molar-refractivity contribution is 0.199. The van der Waals surface area contributed by atoms with Crippen LogP contribution in [-0.4, -0.2) is 40.5 Å². The highest BCUT2D eigenvalue weighted by atomic mass is 79.9. The van der Waals surface area contributed by atoms with Crippen molar-refractivity contribution >= 4 is 31.9 Å². The van der Waals surface area contributed by atoms with Crippen molar-refractivity contribution in [2.24, 2.45) is 0 Å². The van der Waals surface area contributed by atoms with Gasteiger partial charge in [-0.15, -0.1) is 5.10 Å². The number of benzene rings is 1. The molecule has 0 aliphatic heterocycles. The summed E-state index contributed by atoms with van der Waals surface area (Å²) in [5, 5.41) is 15.0. The SMILES string of the molecule is COCCNCc1nnnn1-c1ccc(Br)cc1Br. The molecule has 0 aliphatic rings. The molecule has 0 amide bonds. The normalized spacial score (nSPS) is 10.9.